The molecule has 1 aromatic heterocycles. The monoisotopic (exact) mass is 408 g/mol. The first-order valence-corrected chi connectivity index (χ1v) is 10.2. The average Bonchev–Trinajstić information content (AvgIpc) is 3.24. The molecule has 0 bridgehead atoms. The molecule has 3 aromatic rings. The van der Waals surface area contributed by atoms with Gasteiger partial charge in [0.05, 0.1) is 0 Å². The summed E-state index contributed by atoms with van der Waals surface area (Å²) in [5.41, 5.74) is 3.32. The Bertz CT molecular complexity index is 1050. The molecule has 2 aromatic carbocycles. The van der Waals surface area contributed by atoms with Gasteiger partial charge in [-0.15, -0.1) is 0 Å². The number of benzene rings is 2. The molecule has 4 rings (SSSR count). The van der Waals surface area contributed by atoms with E-state index in [9.17, 15) is 9.18 Å². The molecule has 1 N–H and O–H groups in total. The summed E-state index contributed by atoms with van der Waals surface area (Å²) in [6.45, 7) is 6.98. The smallest absolute Gasteiger partial charge is 0.255 e. The van der Waals surface area contributed by atoms with E-state index in [0.717, 1.165) is 36.3 Å². The van der Waals surface area contributed by atoms with Gasteiger partial charge < -0.3 is 14.7 Å². The van der Waals surface area contributed by atoms with Gasteiger partial charge in [-0.2, -0.15) is 4.98 Å². The van der Waals surface area contributed by atoms with E-state index in [2.05, 4.69) is 33.3 Å². The Kier molecular flexibility index (Phi) is 5.53. The van der Waals surface area contributed by atoms with E-state index in [1.807, 2.05) is 26.0 Å². The summed E-state index contributed by atoms with van der Waals surface area (Å²) in [6.07, 6.45) is 1.81. The molecule has 6 nitrogen and oxygen atoms in total. The highest BCUT2D eigenvalue weighted by Gasteiger charge is 2.28. The molecule has 1 unspecified atom stereocenters. The largest absolute Gasteiger partial charge is 0.359 e. The van der Waals surface area contributed by atoms with Gasteiger partial charge in [-0.05, 0) is 61.7 Å². The lowest BCUT2D eigenvalue weighted by Gasteiger charge is -2.35. The van der Waals surface area contributed by atoms with Crippen molar-refractivity contribution in [3.05, 3.63) is 71.1 Å². The molecule has 0 saturated heterocycles. The van der Waals surface area contributed by atoms with Gasteiger partial charge in [-0.3, -0.25) is 4.79 Å². The summed E-state index contributed by atoms with van der Waals surface area (Å²) in [7, 11) is 0. The number of hydrogen-bond acceptors (Lipinski definition) is 5. The molecule has 156 valence electrons. The van der Waals surface area contributed by atoms with E-state index in [0.29, 0.717) is 17.3 Å². The molecule has 0 aliphatic carbocycles. The van der Waals surface area contributed by atoms with Gasteiger partial charge in [0.1, 0.15) is 11.9 Å². The minimum atomic E-state index is -0.366. The van der Waals surface area contributed by atoms with Crippen LogP contribution < -0.4 is 10.2 Å². The van der Waals surface area contributed by atoms with Crippen LogP contribution in [0.3, 0.4) is 0 Å². The van der Waals surface area contributed by atoms with Crippen LogP contribution in [0.1, 0.15) is 66.8 Å². The third kappa shape index (κ3) is 3.92. The number of fused-ring (bicyclic) bond motifs is 1. The molecule has 1 aliphatic heterocycles. The van der Waals surface area contributed by atoms with Gasteiger partial charge >= 0.3 is 0 Å². The van der Waals surface area contributed by atoms with Crippen LogP contribution in [0.15, 0.2) is 47.0 Å². The number of carbonyl (C=O) groups excluding carboxylic acids is 1. The van der Waals surface area contributed by atoms with Crippen LogP contribution >= 0.6 is 0 Å². The van der Waals surface area contributed by atoms with Crippen LogP contribution in [0.5, 0.6) is 0 Å². The highest BCUT2D eigenvalue weighted by molar-refractivity contribution is 6.05. The van der Waals surface area contributed by atoms with E-state index in [-0.39, 0.29) is 23.7 Å². The molecule has 2 heterocycles. The van der Waals surface area contributed by atoms with Crippen molar-refractivity contribution in [3.63, 3.8) is 0 Å². The Balaban J connectivity index is 1.60. The fourth-order valence-electron chi connectivity index (χ4n) is 3.75. The standard InChI is InChI=1S/C23H25FN4O2/c1-14(2)21-26-23(30-27-21)15(3)28-13-5-6-18-19(7-4-8-20(18)28)25-22(29)16-9-11-17(24)12-10-16/h4,7-12,14-15H,5-6,13H2,1-3H3,(H,25,29). The van der Waals surface area contributed by atoms with Crippen molar-refractivity contribution < 1.29 is 13.7 Å². The molecule has 1 atom stereocenters. The van der Waals surface area contributed by atoms with Gasteiger partial charge in [0.15, 0.2) is 5.82 Å². The molecular formula is C23H25FN4O2. The average molecular weight is 408 g/mol. The third-order valence-electron chi connectivity index (χ3n) is 5.44. The van der Waals surface area contributed by atoms with Gasteiger partial charge in [-0.25, -0.2) is 4.39 Å². The molecule has 0 saturated carbocycles. The number of rotatable bonds is 5. The lowest BCUT2D eigenvalue weighted by Crippen LogP contribution is -2.32. The van der Waals surface area contributed by atoms with Crippen molar-refractivity contribution in [2.45, 2.75) is 45.6 Å². The van der Waals surface area contributed by atoms with E-state index in [1.54, 1.807) is 0 Å². The quantitative estimate of drug-likeness (QED) is 0.636. The Labute approximate surface area is 175 Å². The second-order valence-electron chi connectivity index (χ2n) is 7.88. The van der Waals surface area contributed by atoms with Crippen LogP contribution in [0.4, 0.5) is 15.8 Å². The van der Waals surface area contributed by atoms with Gasteiger partial charge in [0, 0.05) is 29.4 Å². The number of anilines is 2. The van der Waals surface area contributed by atoms with Crippen molar-refractivity contribution in [3.8, 4) is 0 Å². The van der Waals surface area contributed by atoms with Crippen LogP contribution in [-0.2, 0) is 6.42 Å². The van der Waals surface area contributed by atoms with Crippen LogP contribution in [0, 0.1) is 5.82 Å². The third-order valence-corrected chi connectivity index (χ3v) is 5.44. The van der Waals surface area contributed by atoms with Crippen molar-refractivity contribution in [2.24, 2.45) is 0 Å². The normalized spacial score (nSPS) is 14.5. The molecule has 0 spiro atoms. The Hall–Kier alpha value is -3.22. The van der Waals surface area contributed by atoms with Gasteiger partial charge in [0.25, 0.3) is 5.91 Å². The molecular weight excluding hydrogens is 383 g/mol. The number of nitrogens with zero attached hydrogens (tertiary/aromatic N) is 3. The summed E-state index contributed by atoms with van der Waals surface area (Å²) in [4.78, 5) is 19.4. The predicted octanol–water partition coefficient (Wildman–Crippen LogP) is 5.10. The first-order chi connectivity index (χ1) is 14.4. The minimum absolute atomic E-state index is 0.0768. The molecule has 7 heteroatoms. The maximum atomic E-state index is 13.2. The van der Waals surface area contributed by atoms with Crippen molar-refractivity contribution in [2.75, 3.05) is 16.8 Å². The molecule has 0 radical (unpaired) electrons. The summed E-state index contributed by atoms with van der Waals surface area (Å²) in [5, 5.41) is 7.07. The van der Waals surface area contributed by atoms with Crippen molar-refractivity contribution in [1.82, 2.24) is 10.1 Å². The lowest BCUT2D eigenvalue weighted by atomic mass is 9.98. The SMILES string of the molecule is CC(C)c1noc(C(C)N2CCCc3c(NC(=O)c4ccc(F)cc4)cccc32)n1. The molecule has 30 heavy (non-hydrogen) atoms. The van der Waals surface area contributed by atoms with E-state index in [4.69, 9.17) is 4.52 Å². The van der Waals surface area contributed by atoms with Crippen LogP contribution in [0.2, 0.25) is 0 Å². The van der Waals surface area contributed by atoms with Crippen molar-refractivity contribution >= 4 is 17.3 Å². The Morgan fingerprint density at radius 3 is 2.63 bits per heavy atom. The highest BCUT2D eigenvalue weighted by Crippen LogP contribution is 2.37. The van der Waals surface area contributed by atoms with Crippen molar-refractivity contribution in [1.29, 1.82) is 0 Å². The fraction of sp³-hybridized carbons (Fsp3) is 0.348. The first kappa shape index (κ1) is 20.1. The predicted molar refractivity (Wildman–Crippen MR) is 113 cm³/mol. The number of amides is 1. The van der Waals surface area contributed by atoms with Gasteiger partial charge in [-0.1, -0.05) is 25.1 Å². The molecule has 0 fully saturated rings. The maximum Gasteiger partial charge on any atom is 0.255 e. The number of nitrogens with one attached hydrogen (secondary N) is 1. The summed E-state index contributed by atoms with van der Waals surface area (Å²) in [5.74, 6) is 0.875. The van der Waals surface area contributed by atoms with Gasteiger partial charge in [0.2, 0.25) is 5.89 Å². The number of hydrogen-bond donors (Lipinski definition) is 1. The zero-order chi connectivity index (χ0) is 21.3. The second-order valence-corrected chi connectivity index (χ2v) is 7.88. The first-order valence-electron chi connectivity index (χ1n) is 10.2. The number of carbonyl (C=O) groups is 1. The summed E-state index contributed by atoms with van der Waals surface area (Å²) in [6, 6.07) is 11.3. The number of aromatic nitrogens is 2. The molecule has 1 amide bonds. The van der Waals surface area contributed by atoms with E-state index < -0.39 is 0 Å². The zero-order valence-corrected chi connectivity index (χ0v) is 17.4. The summed E-state index contributed by atoms with van der Waals surface area (Å²) < 4.78 is 18.7. The van der Waals surface area contributed by atoms with E-state index >= 15 is 0 Å². The van der Waals surface area contributed by atoms with Crippen LogP contribution in [-0.4, -0.2) is 22.6 Å². The lowest BCUT2D eigenvalue weighted by molar-refractivity contribution is 0.102. The number of halogens is 1. The molecule has 1 aliphatic rings. The highest BCUT2D eigenvalue weighted by atomic mass is 19.1. The van der Waals surface area contributed by atoms with E-state index in [1.165, 1.54) is 24.3 Å². The maximum absolute atomic E-state index is 13.2. The topological polar surface area (TPSA) is 71.3 Å². The summed E-state index contributed by atoms with van der Waals surface area (Å²) >= 11 is 0. The Morgan fingerprint density at radius 1 is 1.17 bits per heavy atom. The fourth-order valence-corrected chi connectivity index (χ4v) is 3.75. The zero-order valence-electron chi connectivity index (χ0n) is 17.4. The van der Waals surface area contributed by atoms with Crippen LogP contribution in [0.25, 0.3) is 0 Å². The Morgan fingerprint density at radius 2 is 1.93 bits per heavy atom. The second kappa shape index (κ2) is 8.26. The minimum Gasteiger partial charge on any atom is -0.359 e.